The summed E-state index contributed by atoms with van der Waals surface area (Å²) in [6.45, 7) is 0. The highest BCUT2D eigenvalue weighted by Crippen LogP contribution is 2.26. The number of furan rings is 1. The molecule has 0 aliphatic heterocycles. The summed E-state index contributed by atoms with van der Waals surface area (Å²) in [4.78, 5) is 7.88. The van der Waals surface area contributed by atoms with Gasteiger partial charge in [-0.15, -0.1) is 0 Å². The summed E-state index contributed by atoms with van der Waals surface area (Å²) in [5, 5.41) is 0.538. The zero-order valence-electron chi connectivity index (χ0n) is 14.5. The first-order valence-electron chi connectivity index (χ1n) is 8.27. The van der Waals surface area contributed by atoms with Gasteiger partial charge in [-0.2, -0.15) is 8.42 Å². The molecule has 0 radical (unpaired) electrons. The maximum Gasteiger partial charge on any atom is 0.295 e. The molecule has 1 atom stereocenters. The second-order valence-corrected chi connectivity index (χ2v) is 8.91. The van der Waals surface area contributed by atoms with Crippen molar-refractivity contribution in [3.8, 4) is 0 Å². The first-order valence-corrected chi connectivity index (χ1v) is 11.1. The highest BCUT2D eigenvalue weighted by Gasteiger charge is 2.23. The summed E-state index contributed by atoms with van der Waals surface area (Å²) in [7, 11) is -5.60. The second kappa shape index (κ2) is 7.53. The van der Waals surface area contributed by atoms with Crippen LogP contribution in [0.5, 0.6) is 0 Å². The average molecular weight is 413 g/mol. The van der Waals surface area contributed by atoms with Gasteiger partial charge < -0.3 is 4.42 Å². The molecule has 4 rings (SSSR count). The average Bonchev–Trinajstić information content (AvgIpc) is 3.14. The van der Waals surface area contributed by atoms with Crippen LogP contribution in [0.3, 0.4) is 0 Å². The molecule has 0 saturated heterocycles. The van der Waals surface area contributed by atoms with Gasteiger partial charge in [0.05, 0.1) is 22.7 Å². The summed E-state index contributed by atoms with van der Waals surface area (Å²) in [5.41, 5.74) is 1.36. The number of rotatable bonds is 6. The molecule has 0 saturated carbocycles. The van der Waals surface area contributed by atoms with Crippen molar-refractivity contribution < 1.29 is 17.0 Å². The minimum atomic E-state index is -4.04. The maximum atomic E-state index is 12.8. The number of benzene rings is 2. The van der Waals surface area contributed by atoms with Crippen LogP contribution in [0.4, 0.5) is 5.69 Å². The van der Waals surface area contributed by atoms with E-state index >= 15 is 0 Å². The molecule has 2 aromatic carbocycles. The molecule has 2 heterocycles. The number of sulfonamides is 1. The fraction of sp³-hybridized carbons (Fsp3) is 0.0526. The number of aromatic nitrogens is 2. The topological polar surface area (TPSA) is 102 Å². The number of nitrogens with one attached hydrogen (secondary N) is 1. The monoisotopic (exact) mass is 413 g/mol. The molecule has 0 spiro atoms. The van der Waals surface area contributed by atoms with E-state index < -0.39 is 20.8 Å². The molecule has 9 heteroatoms. The van der Waals surface area contributed by atoms with Crippen molar-refractivity contribution >= 4 is 37.5 Å². The first-order chi connectivity index (χ1) is 13.5. The minimum Gasteiger partial charge on any atom is -0.443 e. The van der Waals surface area contributed by atoms with E-state index in [1.165, 1.54) is 18.6 Å². The summed E-state index contributed by atoms with van der Waals surface area (Å²) in [6.07, 6.45) is 2.52. The Labute approximate surface area is 164 Å². The maximum absolute atomic E-state index is 12.8. The van der Waals surface area contributed by atoms with Gasteiger partial charge in [0.2, 0.25) is 5.09 Å². The summed E-state index contributed by atoms with van der Waals surface area (Å²) in [5.74, 6) is 0.206. The summed E-state index contributed by atoms with van der Waals surface area (Å²) in [6, 6.07) is 17.7. The Morgan fingerprint density at radius 3 is 2.57 bits per heavy atom. The fourth-order valence-electron chi connectivity index (χ4n) is 2.65. The molecule has 0 bridgehead atoms. The van der Waals surface area contributed by atoms with E-state index in [9.17, 15) is 12.6 Å². The molecule has 0 fully saturated rings. The predicted octanol–water partition coefficient (Wildman–Crippen LogP) is 3.33. The van der Waals surface area contributed by atoms with E-state index in [-0.39, 0.29) is 21.6 Å². The largest absolute Gasteiger partial charge is 0.443 e. The second-order valence-electron chi connectivity index (χ2n) is 5.93. The summed E-state index contributed by atoms with van der Waals surface area (Å²) >= 11 is 0. The van der Waals surface area contributed by atoms with Crippen molar-refractivity contribution in [3.05, 3.63) is 78.8 Å². The highest BCUT2D eigenvalue weighted by molar-refractivity contribution is 7.92. The van der Waals surface area contributed by atoms with Gasteiger partial charge in [-0.3, -0.25) is 8.93 Å². The Hall–Kier alpha value is -3.04. The lowest BCUT2D eigenvalue weighted by Gasteiger charge is -2.09. The van der Waals surface area contributed by atoms with Crippen LogP contribution in [0, 0.1) is 0 Å². The zero-order valence-corrected chi connectivity index (χ0v) is 16.1. The number of fused-ring (bicyclic) bond motifs is 1. The minimum absolute atomic E-state index is 0.0530. The number of para-hydroxylation sites is 1. The highest BCUT2D eigenvalue weighted by atomic mass is 32.2. The SMILES string of the molecule is O=S(Cc1ccccc1)c1ncncc1NS(=O)(=O)c1cc2ccccc2o1. The van der Waals surface area contributed by atoms with Gasteiger partial charge in [0.15, 0.2) is 5.03 Å². The lowest BCUT2D eigenvalue weighted by Crippen LogP contribution is -2.15. The third kappa shape index (κ3) is 3.80. The van der Waals surface area contributed by atoms with Crippen LogP contribution in [-0.2, 0) is 26.6 Å². The smallest absolute Gasteiger partial charge is 0.295 e. The number of anilines is 1. The van der Waals surface area contributed by atoms with Crippen molar-refractivity contribution in [2.24, 2.45) is 0 Å². The first kappa shape index (κ1) is 18.3. The number of nitrogens with zero attached hydrogens (tertiary/aromatic N) is 2. The van der Waals surface area contributed by atoms with Crippen LogP contribution in [0.15, 0.2) is 87.7 Å². The number of hydrogen-bond acceptors (Lipinski definition) is 6. The van der Waals surface area contributed by atoms with Crippen LogP contribution < -0.4 is 4.72 Å². The van der Waals surface area contributed by atoms with E-state index in [1.807, 2.05) is 30.3 Å². The van der Waals surface area contributed by atoms with E-state index in [1.54, 1.807) is 24.3 Å². The van der Waals surface area contributed by atoms with Crippen LogP contribution in [-0.4, -0.2) is 22.6 Å². The quantitative estimate of drug-likeness (QED) is 0.487. The van der Waals surface area contributed by atoms with Crippen LogP contribution >= 0.6 is 0 Å². The Morgan fingerprint density at radius 1 is 1.04 bits per heavy atom. The Balaban J connectivity index is 1.63. The number of hydrogen-bond donors (Lipinski definition) is 1. The van der Waals surface area contributed by atoms with Crippen molar-refractivity contribution in [1.82, 2.24) is 9.97 Å². The van der Waals surface area contributed by atoms with Gasteiger partial charge in [-0.25, -0.2) is 9.97 Å². The van der Waals surface area contributed by atoms with Gasteiger partial charge in [0, 0.05) is 11.5 Å². The lowest BCUT2D eigenvalue weighted by molar-refractivity contribution is 0.484. The molecular formula is C19H15N3O4S2. The van der Waals surface area contributed by atoms with E-state index in [0.717, 1.165) is 5.56 Å². The van der Waals surface area contributed by atoms with Crippen molar-refractivity contribution in [2.45, 2.75) is 15.9 Å². The third-order valence-electron chi connectivity index (χ3n) is 3.94. The molecule has 0 amide bonds. The Bertz CT molecular complexity index is 1220. The lowest BCUT2D eigenvalue weighted by atomic mass is 10.2. The zero-order chi connectivity index (χ0) is 19.6. The Morgan fingerprint density at radius 2 is 1.79 bits per heavy atom. The fourth-order valence-corrected chi connectivity index (χ4v) is 4.88. The Kier molecular flexibility index (Phi) is 4.93. The van der Waals surface area contributed by atoms with Crippen molar-refractivity contribution in [1.29, 1.82) is 0 Å². The van der Waals surface area contributed by atoms with Gasteiger partial charge in [-0.05, 0) is 11.6 Å². The van der Waals surface area contributed by atoms with E-state index in [2.05, 4.69) is 14.7 Å². The molecule has 1 unspecified atom stereocenters. The third-order valence-corrected chi connectivity index (χ3v) is 6.52. The van der Waals surface area contributed by atoms with Gasteiger partial charge in [-0.1, -0.05) is 48.5 Å². The molecule has 7 nitrogen and oxygen atoms in total. The molecule has 0 aliphatic rings. The van der Waals surface area contributed by atoms with E-state index in [4.69, 9.17) is 4.42 Å². The van der Waals surface area contributed by atoms with Crippen molar-refractivity contribution in [2.75, 3.05) is 4.72 Å². The van der Waals surface area contributed by atoms with Crippen molar-refractivity contribution in [3.63, 3.8) is 0 Å². The summed E-state index contributed by atoms with van der Waals surface area (Å²) < 4.78 is 46.1. The van der Waals surface area contributed by atoms with Gasteiger partial charge in [0.25, 0.3) is 10.0 Å². The molecule has 1 N–H and O–H groups in total. The molecule has 142 valence electrons. The van der Waals surface area contributed by atoms with Crippen LogP contribution in [0.1, 0.15) is 5.56 Å². The molecule has 0 aliphatic carbocycles. The molecule has 4 aromatic rings. The van der Waals surface area contributed by atoms with Gasteiger partial charge >= 0.3 is 0 Å². The molecule has 2 aromatic heterocycles. The molecular weight excluding hydrogens is 398 g/mol. The molecule has 28 heavy (non-hydrogen) atoms. The normalized spacial score (nSPS) is 12.7. The standard InChI is InChI=1S/C19H15N3O4S2/c23-27(12-14-6-2-1-3-7-14)19-16(11-20-13-21-19)22-28(24,25)18-10-15-8-4-5-9-17(15)26-18/h1-11,13,22H,12H2. The van der Waals surface area contributed by atoms with Gasteiger partial charge in [0.1, 0.15) is 17.6 Å². The van der Waals surface area contributed by atoms with Crippen LogP contribution in [0.2, 0.25) is 0 Å². The van der Waals surface area contributed by atoms with E-state index in [0.29, 0.717) is 11.0 Å². The van der Waals surface area contributed by atoms with Crippen LogP contribution in [0.25, 0.3) is 11.0 Å². The predicted molar refractivity (Wildman–Crippen MR) is 106 cm³/mol.